The normalized spacial score (nSPS) is 21.6. The summed E-state index contributed by atoms with van der Waals surface area (Å²) in [6.07, 6.45) is 7.04. The van der Waals surface area contributed by atoms with Crippen LogP contribution in [0.25, 0.3) is 10.9 Å². The Morgan fingerprint density at radius 2 is 2.03 bits per heavy atom. The molecule has 0 spiro atoms. The molecule has 1 aliphatic carbocycles. The maximum Gasteiger partial charge on any atom is 0.271 e. The van der Waals surface area contributed by atoms with E-state index in [0.29, 0.717) is 18.0 Å². The van der Waals surface area contributed by atoms with Gasteiger partial charge in [-0.1, -0.05) is 19.3 Å². The molecule has 32 heavy (non-hydrogen) atoms. The molecule has 1 N–H and O–H groups in total. The molecule has 2 aliphatic rings. The van der Waals surface area contributed by atoms with Crippen molar-refractivity contribution in [1.29, 1.82) is 0 Å². The monoisotopic (exact) mass is 435 g/mol. The number of amides is 2. The van der Waals surface area contributed by atoms with Crippen molar-refractivity contribution in [3.05, 3.63) is 54.1 Å². The van der Waals surface area contributed by atoms with Crippen molar-refractivity contribution in [3.8, 4) is 5.75 Å². The van der Waals surface area contributed by atoms with Gasteiger partial charge in [-0.15, -0.1) is 0 Å². The summed E-state index contributed by atoms with van der Waals surface area (Å²) >= 11 is 0. The molecule has 168 valence electrons. The minimum atomic E-state index is -1.05. The zero-order valence-electron chi connectivity index (χ0n) is 18.6. The van der Waals surface area contributed by atoms with Crippen LogP contribution in [-0.2, 0) is 17.9 Å². The topological polar surface area (TPSA) is 76.7 Å². The fraction of sp³-hybridized carbons (Fsp3) is 0.440. The number of methoxy groups -OCH3 is 1. The van der Waals surface area contributed by atoms with Gasteiger partial charge < -0.3 is 23.9 Å². The quantitative estimate of drug-likeness (QED) is 0.654. The van der Waals surface area contributed by atoms with Crippen LogP contribution in [0.2, 0.25) is 0 Å². The van der Waals surface area contributed by atoms with Crippen molar-refractivity contribution in [2.45, 2.75) is 63.7 Å². The third-order valence-corrected chi connectivity index (χ3v) is 6.96. The molecule has 7 nitrogen and oxygen atoms in total. The summed E-state index contributed by atoms with van der Waals surface area (Å²) in [5, 5.41) is 4.20. The first kappa shape index (κ1) is 20.7. The fourth-order valence-corrected chi connectivity index (χ4v) is 5.05. The van der Waals surface area contributed by atoms with E-state index >= 15 is 0 Å². The van der Waals surface area contributed by atoms with Crippen LogP contribution >= 0.6 is 0 Å². The van der Waals surface area contributed by atoms with E-state index in [-0.39, 0.29) is 24.4 Å². The zero-order chi connectivity index (χ0) is 22.3. The molecule has 7 heteroatoms. The minimum Gasteiger partial charge on any atom is -0.497 e. The highest BCUT2D eigenvalue weighted by atomic mass is 16.5. The molecule has 0 bridgehead atoms. The Hall–Kier alpha value is -3.22. The SMILES string of the molecule is COc1ccc2cc3n(c2c1)C[C@@](C)(C(=O)NC1CCCCC1)N(Cc1ccco1)C3=O. The smallest absolute Gasteiger partial charge is 0.271 e. The van der Waals surface area contributed by atoms with Gasteiger partial charge in [-0.3, -0.25) is 9.59 Å². The molecule has 1 atom stereocenters. The van der Waals surface area contributed by atoms with Crippen molar-refractivity contribution in [2.75, 3.05) is 7.11 Å². The molecule has 1 saturated carbocycles. The molecular formula is C25H29N3O4. The molecule has 0 radical (unpaired) electrons. The van der Waals surface area contributed by atoms with E-state index < -0.39 is 5.54 Å². The molecule has 0 saturated heterocycles. The van der Waals surface area contributed by atoms with E-state index in [1.54, 1.807) is 24.3 Å². The van der Waals surface area contributed by atoms with Crippen LogP contribution in [-0.4, -0.2) is 40.0 Å². The Bertz CT molecular complexity index is 1140. The number of benzene rings is 1. The van der Waals surface area contributed by atoms with Gasteiger partial charge in [0.2, 0.25) is 5.91 Å². The van der Waals surface area contributed by atoms with Crippen LogP contribution in [0.1, 0.15) is 55.3 Å². The standard InChI is InChI=1S/C25H29N3O4/c1-25(24(30)26-18-7-4-3-5-8-18)16-27-21-14-19(31-2)11-10-17(21)13-22(27)23(29)28(25)15-20-9-6-12-32-20/h6,9-14,18H,3-5,7-8,15-16H2,1-2H3,(H,26,30)/t25-/m0/s1. The van der Waals surface area contributed by atoms with Gasteiger partial charge in [-0.05, 0) is 50.1 Å². The third-order valence-electron chi connectivity index (χ3n) is 6.96. The van der Waals surface area contributed by atoms with Gasteiger partial charge >= 0.3 is 0 Å². The lowest BCUT2D eigenvalue weighted by Crippen LogP contribution is -2.64. The molecule has 0 unspecified atom stereocenters. The van der Waals surface area contributed by atoms with E-state index in [2.05, 4.69) is 5.32 Å². The number of nitrogens with one attached hydrogen (secondary N) is 1. The molecule has 3 aromatic rings. The number of nitrogens with zero attached hydrogens (tertiary/aromatic N) is 2. The van der Waals surface area contributed by atoms with Crippen molar-refractivity contribution in [1.82, 2.24) is 14.8 Å². The Morgan fingerprint density at radius 3 is 2.75 bits per heavy atom. The molecular weight excluding hydrogens is 406 g/mol. The lowest BCUT2D eigenvalue weighted by atomic mass is 9.91. The highest BCUT2D eigenvalue weighted by Gasteiger charge is 2.48. The van der Waals surface area contributed by atoms with Gasteiger partial charge in [0, 0.05) is 17.5 Å². The third kappa shape index (κ3) is 3.45. The van der Waals surface area contributed by atoms with Gasteiger partial charge in [0.25, 0.3) is 5.91 Å². The first-order valence-corrected chi connectivity index (χ1v) is 11.3. The number of carbonyl (C=O) groups excluding carboxylic acids is 2. The molecule has 1 aliphatic heterocycles. The number of rotatable bonds is 5. The fourth-order valence-electron chi connectivity index (χ4n) is 5.05. The summed E-state index contributed by atoms with van der Waals surface area (Å²) in [5.41, 5.74) is 0.411. The number of carbonyl (C=O) groups is 2. The first-order valence-electron chi connectivity index (χ1n) is 11.3. The predicted octanol–water partition coefficient (Wildman–Crippen LogP) is 4.11. The van der Waals surface area contributed by atoms with Crippen molar-refractivity contribution in [2.24, 2.45) is 0 Å². The Balaban J connectivity index is 1.56. The van der Waals surface area contributed by atoms with Gasteiger partial charge in [0.1, 0.15) is 22.7 Å². The second-order valence-electron chi connectivity index (χ2n) is 9.09. The van der Waals surface area contributed by atoms with Crippen LogP contribution < -0.4 is 10.1 Å². The molecule has 5 rings (SSSR count). The van der Waals surface area contributed by atoms with Gasteiger partial charge in [-0.25, -0.2) is 0 Å². The molecule has 2 amide bonds. The summed E-state index contributed by atoms with van der Waals surface area (Å²) in [7, 11) is 1.62. The van der Waals surface area contributed by atoms with Crippen LogP contribution in [0, 0.1) is 0 Å². The van der Waals surface area contributed by atoms with E-state index in [0.717, 1.165) is 42.3 Å². The number of furan rings is 1. The van der Waals surface area contributed by atoms with Crippen LogP contribution in [0.15, 0.2) is 47.1 Å². The number of aromatic nitrogens is 1. The molecule has 2 aromatic heterocycles. The lowest BCUT2D eigenvalue weighted by molar-refractivity contribution is -0.134. The van der Waals surface area contributed by atoms with E-state index in [4.69, 9.17) is 9.15 Å². The summed E-state index contributed by atoms with van der Waals surface area (Å²) in [4.78, 5) is 29.1. The van der Waals surface area contributed by atoms with Gasteiger partial charge in [0.05, 0.1) is 32.0 Å². The molecule has 3 heterocycles. The molecule has 1 fully saturated rings. The summed E-state index contributed by atoms with van der Waals surface area (Å²) in [6, 6.07) is 11.4. The van der Waals surface area contributed by atoms with Crippen molar-refractivity contribution < 1.29 is 18.7 Å². The largest absolute Gasteiger partial charge is 0.497 e. The number of hydrogen-bond acceptors (Lipinski definition) is 4. The summed E-state index contributed by atoms with van der Waals surface area (Å²) < 4.78 is 12.9. The minimum absolute atomic E-state index is 0.111. The second-order valence-corrected chi connectivity index (χ2v) is 9.09. The van der Waals surface area contributed by atoms with Crippen molar-refractivity contribution >= 4 is 22.7 Å². The molecule has 1 aromatic carbocycles. The van der Waals surface area contributed by atoms with E-state index in [9.17, 15) is 9.59 Å². The predicted molar refractivity (Wildman–Crippen MR) is 120 cm³/mol. The van der Waals surface area contributed by atoms with Crippen LogP contribution in [0.5, 0.6) is 5.75 Å². The number of hydrogen-bond donors (Lipinski definition) is 1. The Kier molecular flexibility index (Phi) is 5.19. The average molecular weight is 436 g/mol. The first-order chi connectivity index (χ1) is 15.5. The highest BCUT2D eigenvalue weighted by molar-refractivity contribution is 6.03. The lowest BCUT2D eigenvalue weighted by Gasteiger charge is -2.44. The van der Waals surface area contributed by atoms with Crippen LogP contribution in [0.4, 0.5) is 0 Å². The van der Waals surface area contributed by atoms with E-state index in [1.165, 1.54) is 6.42 Å². The highest BCUT2D eigenvalue weighted by Crippen LogP contribution is 2.35. The van der Waals surface area contributed by atoms with Crippen molar-refractivity contribution in [3.63, 3.8) is 0 Å². The number of fused-ring (bicyclic) bond motifs is 3. The Morgan fingerprint density at radius 1 is 1.22 bits per heavy atom. The number of ether oxygens (including phenoxy) is 1. The van der Waals surface area contributed by atoms with Crippen LogP contribution in [0.3, 0.4) is 0 Å². The van der Waals surface area contributed by atoms with Gasteiger partial charge in [0.15, 0.2) is 0 Å². The maximum atomic E-state index is 13.7. The average Bonchev–Trinajstić information content (AvgIpc) is 3.45. The van der Waals surface area contributed by atoms with E-state index in [1.807, 2.05) is 41.8 Å². The summed E-state index contributed by atoms with van der Waals surface area (Å²) in [6.45, 7) is 2.47. The Labute approximate surface area is 187 Å². The summed E-state index contributed by atoms with van der Waals surface area (Å²) in [5.74, 6) is 1.09. The van der Waals surface area contributed by atoms with Gasteiger partial charge in [-0.2, -0.15) is 0 Å². The zero-order valence-corrected chi connectivity index (χ0v) is 18.6. The second kappa shape index (κ2) is 8.04. The maximum absolute atomic E-state index is 13.7.